The molecule has 0 atom stereocenters. The van der Waals surface area contributed by atoms with Gasteiger partial charge in [-0.25, -0.2) is 0 Å². The summed E-state index contributed by atoms with van der Waals surface area (Å²) in [6.07, 6.45) is 0. The molecule has 10 rings (SSSR count). The fraction of sp³-hybridized carbons (Fsp3) is 0. The minimum Gasteiger partial charge on any atom is -0.310 e. The summed E-state index contributed by atoms with van der Waals surface area (Å²) in [7, 11) is 0. The van der Waals surface area contributed by atoms with Gasteiger partial charge in [0, 0.05) is 33.4 Å². The summed E-state index contributed by atoms with van der Waals surface area (Å²) < 4.78 is 40.7. The number of benzene rings is 9. The van der Waals surface area contributed by atoms with Gasteiger partial charge in [0.1, 0.15) is 0 Å². The number of aromatic nitrogens is 1. The summed E-state index contributed by atoms with van der Waals surface area (Å²) in [5.74, 6) is 0. The van der Waals surface area contributed by atoms with Crippen LogP contribution in [-0.4, -0.2) is 4.57 Å². The normalized spacial score (nSPS) is 12.2. The van der Waals surface area contributed by atoms with Gasteiger partial charge in [-0.3, -0.25) is 0 Å². The van der Waals surface area contributed by atoms with Crippen molar-refractivity contribution in [3.63, 3.8) is 0 Å². The van der Waals surface area contributed by atoms with Gasteiger partial charge in [0.2, 0.25) is 0 Å². The van der Waals surface area contributed by atoms with E-state index in [1.165, 1.54) is 0 Å². The largest absolute Gasteiger partial charge is 0.310 e. The van der Waals surface area contributed by atoms with E-state index in [0.717, 1.165) is 72.2 Å². The van der Waals surface area contributed by atoms with Crippen LogP contribution in [0.25, 0.3) is 72.0 Å². The number of para-hydroxylation sites is 2. The minimum atomic E-state index is -0.123. The molecule has 0 aliphatic rings. The average Bonchev–Trinajstić information content (AvgIpc) is 3.64. The highest BCUT2D eigenvalue weighted by molar-refractivity contribution is 6.10. The molecule has 10 aromatic rings. The zero-order chi connectivity index (χ0) is 40.7. The molecule has 0 bridgehead atoms. The second kappa shape index (κ2) is 14.4. The highest BCUT2D eigenvalue weighted by Crippen LogP contribution is 2.42. The van der Waals surface area contributed by atoms with E-state index in [1.54, 1.807) is 0 Å². The number of fused-ring (bicyclic) bond motifs is 3. The molecule has 0 amide bonds. The van der Waals surface area contributed by atoms with Crippen LogP contribution in [0.4, 0.5) is 17.1 Å². The zero-order valence-electron chi connectivity index (χ0n) is 34.5. The Hall–Kier alpha value is -7.42. The van der Waals surface area contributed by atoms with Gasteiger partial charge in [-0.05, 0) is 99.6 Å². The lowest BCUT2D eigenvalue weighted by Crippen LogP contribution is -2.11. The Kier molecular flexibility index (Phi) is 7.47. The summed E-state index contributed by atoms with van der Waals surface area (Å²) in [5.41, 5.74) is 11.9. The van der Waals surface area contributed by atoms with E-state index >= 15 is 0 Å². The SMILES string of the molecule is [2H]c1c([2H])c(N(c2ccc(-c3ccccc3)cc2)c2ccccc2-c2ccccc2)c([2H])c([2H])c1-c1ccc2c(c1)c1ccccc1n2-c1ccc(-c2ccccc2)cc1. The molecule has 1 heterocycles. The second-order valence-corrected chi connectivity index (χ2v) is 13.9. The van der Waals surface area contributed by atoms with Crippen LogP contribution in [0.5, 0.6) is 0 Å². The van der Waals surface area contributed by atoms with Crippen molar-refractivity contribution < 1.29 is 5.48 Å². The molecule has 2 heteroatoms. The van der Waals surface area contributed by atoms with Crippen molar-refractivity contribution in [2.75, 3.05) is 4.90 Å². The van der Waals surface area contributed by atoms with Crippen molar-refractivity contribution in [2.24, 2.45) is 0 Å². The molecular weight excluding hydrogens is 677 g/mol. The molecule has 0 aliphatic carbocycles. The molecule has 0 aliphatic heterocycles. The first-order valence-electron chi connectivity index (χ1n) is 20.9. The second-order valence-electron chi connectivity index (χ2n) is 13.9. The predicted molar refractivity (Wildman–Crippen MR) is 237 cm³/mol. The Morgan fingerprint density at radius 1 is 0.339 bits per heavy atom. The summed E-state index contributed by atoms with van der Waals surface area (Å²) in [4.78, 5) is 1.88. The van der Waals surface area contributed by atoms with Gasteiger partial charge >= 0.3 is 0 Å². The molecular formula is C54H38N2. The van der Waals surface area contributed by atoms with Gasteiger partial charge in [-0.2, -0.15) is 0 Å². The van der Waals surface area contributed by atoms with Gasteiger partial charge in [-0.1, -0.05) is 170 Å². The quantitative estimate of drug-likeness (QED) is 0.152. The van der Waals surface area contributed by atoms with Crippen LogP contribution in [0.2, 0.25) is 0 Å². The third-order valence-corrected chi connectivity index (χ3v) is 10.5. The van der Waals surface area contributed by atoms with E-state index in [1.807, 2.05) is 150 Å². The molecule has 0 fully saturated rings. The molecule has 56 heavy (non-hydrogen) atoms. The predicted octanol–water partition coefficient (Wildman–Crippen LogP) is 14.9. The van der Waals surface area contributed by atoms with E-state index in [0.29, 0.717) is 5.56 Å². The van der Waals surface area contributed by atoms with Crippen molar-refractivity contribution in [3.05, 3.63) is 230 Å². The fourth-order valence-electron chi connectivity index (χ4n) is 7.75. The maximum Gasteiger partial charge on any atom is 0.0645 e. The van der Waals surface area contributed by atoms with Gasteiger partial charge < -0.3 is 9.47 Å². The number of hydrogen-bond acceptors (Lipinski definition) is 1. The summed E-state index contributed by atoms with van der Waals surface area (Å²) >= 11 is 0. The average molecular weight is 719 g/mol. The first-order valence-corrected chi connectivity index (χ1v) is 18.9. The highest BCUT2D eigenvalue weighted by atomic mass is 15.1. The highest BCUT2D eigenvalue weighted by Gasteiger charge is 2.18. The standard InChI is InChI=1S/C54H38N2/c1-4-14-39(15-5-1)41-24-31-46(32-25-41)55(52-22-12-10-20-49(52)44-18-8-3-9-19-44)47-33-28-43(29-34-47)45-30-37-54-51(38-45)50-21-11-13-23-53(50)56(54)48-35-26-42(27-36-48)40-16-6-2-7-17-40/h1-38H/i28D,29D,33D,34D. The van der Waals surface area contributed by atoms with Crippen LogP contribution >= 0.6 is 0 Å². The number of anilines is 3. The third-order valence-electron chi connectivity index (χ3n) is 10.5. The first-order chi connectivity index (χ1) is 29.5. The topological polar surface area (TPSA) is 8.17 Å². The number of nitrogens with zero attached hydrogens (tertiary/aromatic N) is 2. The van der Waals surface area contributed by atoms with Gasteiger partial charge in [0.25, 0.3) is 0 Å². The van der Waals surface area contributed by atoms with E-state index in [2.05, 4.69) is 65.2 Å². The lowest BCUT2D eigenvalue weighted by molar-refractivity contribution is 1.18. The molecule has 9 aromatic carbocycles. The molecule has 0 spiro atoms. The minimum absolute atomic E-state index is 0.103. The van der Waals surface area contributed by atoms with E-state index in [9.17, 15) is 5.48 Å². The van der Waals surface area contributed by atoms with E-state index in [-0.39, 0.29) is 35.4 Å². The summed E-state index contributed by atoms with van der Waals surface area (Å²) in [5, 5.41) is 2.00. The maximum atomic E-state index is 9.66. The Balaban J connectivity index is 1.12. The first kappa shape index (κ1) is 29.0. The summed E-state index contributed by atoms with van der Waals surface area (Å²) in [6, 6.07) is 68.9. The molecule has 0 saturated carbocycles. The van der Waals surface area contributed by atoms with Crippen LogP contribution in [0, 0.1) is 0 Å². The van der Waals surface area contributed by atoms with Gasteiger partial charge in [0.05, 0.1) is 22.2 Å². The summed E-state index contributed by atoms with van der Waals surface area (Å²) in [6.45, 7) is 0. The van der Waals surface area contributed by atoms with Crippen LogP contribution in [0.3, 0.4) is 0 Å². The van der Waals surface area contributed by atoms with Gasteiger partial charge in [0.15, 0.2) is 0 Å². The molecule has 0 unspecified atom stereocenters. The Morgan fingerprint density at radius 3 is 1.50 bits per heavy atom. The Bertz CT molecular complexity index is 3130. The molecule has 2 nitrogen and oxygen atoms in total. The van der Waals surface area contributed by atoms with Crippen LogP contribution in [-0.2, 0) is 0 Å². The lowest BCUT2D eigenvalue weighted by atomic mass is 10.00. The Morgan fingerprint density at radius 2 is 0.839 bits per heavy atom. The van der Waals surface area contributed by atoms with Crippen molar-refractivity contribution in [2.45, 2.75) is 0 Å². The van der Waals surface area contributed by atoms with Gasteiger partial charge in [-0.15, -0.1) is 0 Å². The molecule has 0 radical (unpaired) electrons. The molecule has 0 saturated heterocycles. The van der Waals surface area contributed by atoms with Crippen molar-refractivity contribution in [1.29, 1.82) is 0 Å². The third kappa shape index (κ3) is 6.14. The molecule has 1 aromatic heterocycles. The van der Waals surface area contributed by atoms with Crippen LogP contribution < -0.4 is 4.90 Å². The van der Waals surface area contributed by atoms with E-state index < -0.39 is 0 Å². The molecule has 264 valence electrons. The zero-order valence-corrected chi connectivity index (χ0v) is 30.5. The molecule has 0 N–H and O–H groups in total. The monoisotopic (exact) mass is 718 g/mol. The van der Waals surface area contributed by atoms with Crippen molar-refractivity contribution >= 4 is 38.9 Å². The van der Waals surface area contributed by atoms with Crippen LogP contribution in [0.15, 0.2) is 230 Å². The number of hydrogen-bond donors (Lipinski definition) is 0. The Labute approximate surface area is 333 Å². The smallest absolute Gasteiger partial charge is 0.0645 e. The van der Waals surface area contributed by atoms with E-state index in [4.69, 9.17) is 0 Å². The van der Waals surface area contributed by atoms with Crippen molar-refractivity contribution in [1.82, 2.24) is 4.57 Å². The lowest BCUT2D eigenvalue weighted by Gasteiger charge is -2.28. The van der Waals surface area contributed by atoms with Crippen molar-refractivity contribution in [3.8, 4) is 50.2 Å². The maximum absolute atomic E-state index is 9.66. The van der Waals surface area contributed by atoms with Crippen LogP contribution in [0.1, 0.15) is 5.48 Å². The fourth-order valence-corrected chi connectivity index (χ4v) is 7.75. The number of rotatable bonds is 8.